The lowest BCUT2D eigenvalue weighted by Crippen LogP contribution is -2.39. The van der Waals surface area contributed by atoms with Gasteiger partial charge in [0.1, 0.15) is 12.2 Å². The van der Waals surface area contributed by atoms with Gasteiger partial charge in [0.2, 0.25) is 0 Å². The summed E-state index contributed by atoms with van der Waals surface area (Å²) in [5.41, 5.74) is 1.07. The fourth-order valence-corrected chi connectivity index (χ4v) is 2.68. The number of rotatable bonds is 4. The number of carbonyl (C=O) groups excluding carboxylic acids is 1. The summed E-state index contributed by atoms with van der Waals surface area (Å²) in [5.74, 6) is -1.09. The molecule has 0 N–H and O–H groups in total. The van der Waals surface area contributed by atoms with Crippen LogP contribution in [0.3, 0.4) is 0 Å². The number of esters is 1. The van der Waals surface area contributed by atoms with E-state index in [1.165, 1.54) is 6.08 Å². The Morgan fingerprint density at radius 2 is 1.95 bits per heavy atom. The zero-order valence-corrected chi connectivity index (χ0v) is 12.7. The Labute approximate surface area is 129 Å². The first-order valence-corrected chi connectivity index (χ1v) is 7.40. The molecule has 3 rings (SSSR count). The van der Waals surface area contributed by atoms with Crippen molar-refractivity contribution >= 4 is 5.97 Å². The predicted molar refractivity (Wildman–Crippen MR) is 78.9 cm³/mol. The molecule has 0 aliphatic carbocycles. The van der Waals surface area contributed by atoms with Gasteiger partial charge in [0.25, 0.3) is 0 Å². The van der Waals surface area contributed by atoms with Crippen molar-refractivity contribution in [2.75, 3.05) is 6.61 Å². The third kappa shape index (κ3) is 3.55. The van der Waals surface area contributed by atoms with Gasteiger partial charge in [-0.15, -0.1) is 0 Å². The third-order valence-electron chi connectivity index (χ3n) is 3.61. The first kappa shape index (κ1) is 15.2. The maximum absolute atomic E-state index is 11.6. The van der Waals surface area contributed by atoms with Crippen LogP contribution in [0.15, 0.2) is 42.5 Å². The Kier molecular flexibility index (Phi) is 4.29. The van der Waals surface area contributed by atoms with Crippen molar-refractivity contribution in [3.8, 4) is 0 Å². The van der Waals surface area contributed by atoms with Crippen molar-refractivity contribution < 1.29 is 23.7 Å². The second-order valence-electron chi connectivity index (χ2n) is 5.90. The molecule has 0 radical (unpaired) electrons. The summed E-state index contributed by atoms with van der Waals surface area (Å²) in [7, 11) is 0. The van der Waals surface area contributed by atoms with Crippen LogP contribution in [0.2, 0.25) is 0 Å². The van der Waals surface area contributed by atoms with Crippen LogP contribution >= 0.6 is 0 Å². The highest BCUT2D eigenvalue weighted by Gasteiger charge is 2.46. The van der Waals surface area contributed by atoms with E-state index in [9.17, 15) is 4.79 Å². The number of cyclic esters (lactones) is 1. The van der Waals surface area contributed by atoms with E-state index >= 15 is 0 Å². The molecule has 3 atom stereocenters. The molecule has 1 aromatic rings. The number of fused-ring (bicyclic) bond motifs is 1. The van der Waals surface area contributed by atoms with Crippen molar-refractivity contribution in [3.63, 3.8) is 0 Å². The zero-order chi connectivity index (χ0) is 15.6. The van der Waals surface area contributed by atoms with Gasteiger partial charge in [-0.1, -0.05) is 30.3 Å². The van der Waals surface area contributed by atoms with Gasteiger partial charge in [-0.25, -0.2) is 4.79 Å². The Hall–Kier alpha value is -1.69. The summed E-state index contributed by atoms with van der Waals surface area (Å²) in [5, 5.41) is 0. The summed E-state index contributed by atoms with van der Waals surface area (Å²) in [6.07, 6.45) is 1.94. The van der Waals surface area contributed by atoms with E-state index in [4.69, 9.17) is 18.9 Å². The van der Waals surface area contributed by atoms with Crippen LogP contribution in [0, 0.1) is 0 Å². The molecule has 0 bridgehead atoms. The molecule has 1 fully saturated rings. The second kappa shape index (κ2) is 6.20. The molecule has 5 heteroatoms. The lowest BCUT2D eigenvalue weighted by Gasteiger charge is -2.24. The van der Waals surface area contributed by atoms with E-state index in [1.54, 1.807) is 6.08 Å². The molecular formula is C17H20O5. The van der Waals surface area contributed by atoms with E-state index in [0.29, 0.717) is 6.61 Å². The summed E-state index contributed by atoms with van der Waals surface area (Å²) < 4.78 is 22.7. The highest BCUT2D eigenvalue weighted by molar-refractivity contribution is 5.82. The largest absolute Gasteiger partial charge is 0.454 e. The van der Waals surface area contributed by atoms with E-state index < -0.39 is 17.9 Å². The Balaban J connectivity index is 1.62. The maximum atomic E-state index is 11.6. The monoisotopic (exact) mass is 304 g/mol. The van der Waals surface area contributed by atoms with Crippen LogP contribution in [-0.2, 0) is 30.3 Å². The Bertz CT molecular complexity index is 551. The summed E-state index contributed by atoms with van der Waals surface area (Å²) >= 11 is 0. The topological polar surface area (TPSA) is 54.0 Å². The minimum absolute atomic E-state index is 0.267. The molecule has 0 amide bonds. The van der Waals surface area contributed by atoms with E-state index in [2.05, 4.69) is 0 Å². The SMILES string of the molecule is CC1(C)O[C@H]2[C@H](C=CC(=O)O[C@@H]2COCc2ccccc2)O1. The van der Waals surface area contributed by atoms with Gasteiger partial charge >= 0.3 is 5.97 Å². The molecule has 118 valence electrons. The van der Waals surface area contributed by atoms with Crippen LogP contribution in [0.4, 0.5) is 0 Å². The quantitative estimate of drug-likeness (QED) is 0.798. The third-order valence-corrected chi connectivity index (χ3v) is 3.61. The minimum atomic E-state index is -0.693. The molecule has 2 aliphatic heterocycles. The van der Waals surface area contributed by atoms with Crippen LogP contribution in [-0.4, -0.2) is 36.7 Å². The summed E-state index contributed by atoms with van der Waals surface area (Å²) in [6, 6.07) is 9.85. The number of carbonyl (C=O) groups is 1. The molecule has 5 nitrogen and oxygen atoms in total. The maximum Gasteiger partial charge on any atom is 0.330 e. The fraction of sp³-hybridized carbons (Fsp3) is 0.471. The van der Waals surface area contributed by atoms with Crippen molar-refractivity contribution in [3.05, 3.63) is 48.0 Å². The molecular weight excluding hydrogens is 284 g/mol. The molecule has 0 aromatic heterocycles. The lowest BCUT2D eigenvalue weighted by molar-refractivity contribution is -0.174. The minimum Gasteiger partial charge on any atom is -0.454 e. The zero-order valence-electron chi connectivity index (χ0n) is 12.7. The highest BCUT2D eigenvalue weighted by Crippen LogP contribution is 2.33. The van der Waals surface area contributed by atoms with E-state index in [1.807, 2.05) is 44.2 Å². The highest BCUT2D eigenvalue weighted by atomic mass is 16.8. The Morgan fingerprint density at radius 1 is 1.18 bits per heavy atom. The molecule has 0 spiro atoms. The molecule has 0 saturated carbocycles. The van der Waals surface area contributed by atoms with Gasteiger partial charge < -0.3 is 18.9 Å². The summed E-state index contributed by atoms with van der Waals surface area (Å²) in [6.45, 7) is 4.42. The standard InChI is InChI=1S/C17H20O5/c1-17(2)21-13-8-9-15(18)20-14(16(13)22-17)11-19-10-12-6-4-3-5-7-12/h3-9,13-14,16H,10-11H2,1-2H3/t13-,14+,16-/m0/s1. The summed E-state index contributed by atoms with van der Waals surface area (Å²) in [4.78, 5) is 11.6. The molecule has 2 heterocycles. The van der Waals surface area contributed by atoms with Crippen LogP contribution in [0.1, 0.15) is 19.4 Å². The van der Waals surface area contributed by atoms with Gasteiger partial charge in [0, 0.05) is 6.08 Å². The molecule has 1 aromatic carbocycles. The van der Waals surface area contributed by atoms with Crippen LogP contribution in [0.25, 0.3) is 0 Å². The van der Waals surface area contributed by atoms with Gasteiger partial charge in [-0.2, -0.15) is 0 Å². The van der Waals surface area contributed by atoms with E-state index in [-0.39, 0.29) is 18.8 Å². The molecule has 22 heavy (non-hydrogen) atoms. The smallest absolute Gasteiger partial charge is 0.330 e. The lowest BCUT2D eigenvalue weighted by atomic mass is 10.1. The first-order valence-electron chi connectivity index (χ1n) is 7.40. The molecule has 2 aliphatic rings. The van der Waals surface area contributed by atoms with Crippen molar-refractivity contribution in [2.45, 2.75) is 44.6 Å². The Morgan fingerprint density at radius 3 is 2.73 bits per heavy atom. The normalized spacial score (nSPS) is 29.7. The van der Waals surface area contributed by atoms with Gasteiger partial charge in [-0.3, -0.25) is 0 Å². The van der Waals surface area contributed by atoms with Crippen LogP contribution in [0.5, 0.6) is 0 Å². The van der Waals surface area contributed by atoms with Crippen molar-refractivity contribution in [1.82, 2.24) is 0 Å². The first-order chi connectivity index (χ1) is 10.5. The van der Waals surface area contributed by atoms with E-state index in [0.717, 1.165) is 5.56 Å². The fourth-order valence-electron chi connectivity index (χ4n) is 2.68. The molecule has 0 unspecified atom stereocenters. The number of hydrogen-bond acceptors (Lipinski definition) is 5. The van der Waals surface area contributed by atoms with Crippen LogP contribution < -0.4 is 0 Å². The predicted octanol–water partition coefficient (Wildman–Crippen LogP) is 2.20. The average molecular weight is 304 g/mol. The van der Waals surface area contributed by atoms with Gasteiger partial charge in [-0.05, 0) is 25.5 Å². The molecule has 1 saturated heterocycles. The van der Waals surface area contributed by atoms with Crippen molar-refractivity contribution in [2.24, 2.45) is 0 Å². The van der Waals surface area contributed by atoms with Gasteiger partial charge in [0.15, 0.2) is 11.9 Å². The number of benzene rings is 1. The number of ether oxygens (including phenoxy) is 4. The number of hydrogen-bond donors (Lipinski definition) is 0. The van der Waals surface area contributed by atoms with Crippen molar-refractivity contribution in [1.29, 1.82) is 0 Å². The average Bonchev–Trinajstić information content (AvgIpc) is 2.73. The second-order valence-corrected chi connectivity index (χ2v) is 5.90. The van der Waals surface area contributed by atoms with Gasteiger partial charge in [0.05, 0.1) is 13.2 Å².